The summed E-state index contributed by atoms with van der Waals surface area (Å²) in [6, 6.07) is 7.78. The lowest BCUT2D eigenvalue weighted by Crippen LogP contribution is -2.33. The molecule has 4 N–H and O–H groups in total. The van der Waals surface area contributed by atoms with Crippen molar-refractivity contribution in [2.75, 3.05) is 30.7 Å². The molecule has 0 saturated carbocycles. The van der Waals surface area contributed by atoms with Gasteiger partial charge < -0.3 is 16.4 Å². The Morgan fingerprint density at radius 2 is 2.05 bits per heavy atom. The fourth-order valence-electron chi connectivity index (χ4n) is 2.48. The van der Waals surface area contributed by atoms with Crippen LogP contribution in [0.5, 0.6) is 0 Å². The second-order valence-electron chi connectivity index (χ2n) is 5.04. The molecule has 0 aliphatic carbocycles. The van der Waals surface area contributed by atoms with Gasteiger partial charge in [-0.05, 0) is 44.0 Å². The summed E-state index contributed by atoms with van der Waals surface area (Å²) in [4.78, 5) is 8.92. The van der Waals surface area contributed by atoms with Crippen molar-refractivity contribution in [2.45, 2.75) is 12.8 Å². The number of para-hydroxylation sites is 2. The van der Waals surface area contributed by atoms with Crippen molar-refractivity contribution in [3.63, 3.8) is 0 Å². The lowest BCUT2D eigenvalue weighted by Gasteiger charge is -2.23. The molecule has 1 fully saturated rings. The molecule has 5 heteroatoms. The molecule has 2 aromatic rings. The Hall–Kier alpha value is -1.88. The van der Waals surface area contributed by atoms with Crippen molar-refractivity contribution in [3.8, 4) is 0 Å². The third-order valence-electron chi connectivity index (χ3n) is 3.55. The molecular formula is C14H19N5. The molecule has 1 atom stereocenters. The van der Waals surface area contributed by atoms with E-state index in [1.165, 1.54) is 12.8 Å². The van der Waals surface area contributed by atoms with Crippen LogP contribution < -0.4 is 16.4 Å². The highest BCUT2D eigenvalue weighted by molar-refractivity contribution is 5.79. The van der Waals surface area contributed by atoms with Crippen LogP contribution in [0.4, 0.5) is 11.6 Å². The van der Waals surface area contributed by atoms with Gasteiger partial charge in [-0.25, -0.2) is 9.97 Å². The SMILES string of the molecule is Nc1nc2ccccc2nc1NCC1CCCNC1. The number of anilines is 2. The molecule has 0 radical (unpaired) electrons. The maximum atomic E-state index is 5.95. The van der Waals surface area contributed by atoms with Crippen LogP contribution >= 0.6 is 0 Å². The summed E-state index contributed by atoms with van der Waals surface area (Å²) in [5.41, 5.74) is 7.66. The second kappa shape index (κ2) is 5.40. The van der Waals surface area contributed by atoms with Crippen LogP contribution in [-0.2, 0) is 0 Å². The Labute approximate surface area is 112 Å². The fourth-order valence-corrected chi connectivity index (χ4v) is 2.48. The van der Waals surface area contributed by atoms with Crippen molar-refractivity contribution in [3.05, 3.63) is 24.3 Å². The molecule has 19 heavy (non-hydrogen) atoms. The molecule has 0 spiro atoms. The summed E-state index contributed by atoms with van der Waals surface area (Å²) in [6.45, 7) is 3.09. The predicted molar refractivity (Wildman–Crippen MR) is 78.0 cm³/mol. The van der Waals surface area contributed by atoms with Gasteiger partial charge in [0.25, 0.3) is 0 Å². The Bertz CT molecular complexity index is 563. The smallest absolute Gasteiger partial charge is 0.169 e. The molecule has 2 heterocycles. The average Bonchev–Trinajstić information content (AvgIpc) is 2.46. The van der Waals surface area contributed by atoms with Crippen molar-refractivity contribution < 1.29 is 0 Å². The second-order valence-corrected chi connectivity index (χ2v) is 5.04. The molecule has 0 amide bonds. The van der Waals surface area contributed by atoms with Crippen LogP contribution in [0, 0.1) is 5.92 Å². The van der Waals surface area contributed by atoms with E-state index in [4.69, 9.17) is 5.73 Å². The number of hydrogen-bond donors (Lipinski definition) is 3. The standard InChI is InChI=1S/C14H19N5/c15-13-14(17-9-10-4-3-7-16-8-10)19-12-6-2-1-5-11(12)18-13/h1-2,5-6,10,16H,3-4,7-9H2,(H2,15,18)(H,17,19). The van der Waals surface area contributed by atoms with Crippen LogP contribution in [0.25, 0.3) is 11.0 Å². The lowest BCUT2D eigenvalue weighted by atomic mass is 10.00. The van der Waals surface area contributed by atoms with Gasteiger partial charge in [-0.2, -0.15) is 0 Å². The molecule has 100 valence electrons. The molecule has 3 rings (SSSR count). The van der Waals surface area contributed by atoms with Crippen molar-refractivity contribution >= 4 is 22.7 Å². The molecule has 5 nitrogen and oxygen atoms in total. The molecule has 1 saturated heterocycles. The first-order chi connectivity index (χ1) is 9.33. The van der Waals surface area contributed by atoms with E-state index in [-0.39, 0.29) is 0 Å². The maximum absolute atomic E-state index is 5.95. The maximum Gasteiger partial charge on any atom is 0.169 e. The van der Waals surface area contributed by atoms with Gasteiger partial charge in [0.15, 0.2) is 11.6 Å². The van der Waals surface area contributed by atoms with Crippen molar-refractivity contribution in [1.82, 2.24) is 15.3 Å². The number of piperidine rings is 1. The Balaban J connectivity index is 1.74. The number of nitrogens with one attached hydrogen (secondary N) is 2. The summed E-state index contributed by atoms with van der Waals surface area (Å²) in [5, 5.41) is 6.74. The van der Waals surface area contributed by atoms with E-state index in [2.05, 4.69) is 20.6 Å². The Morgan fingerprint density at radius 3 is 2.79 bits per heavy atom. The topological polar surface area (TPSA) is 75.9 Å². The summed E-state index contributed by atoms with van der Waals surface area (Å²) in [7, 11) is 0. The van der Waals surface area contributed by atoms with E-state index in [9.17, 15) is 0 Å². The van der Waals surface area contributed by atoms with Gasteiger partial charge in [0.2, 0.25) is 0 Å². The largest absolute Gasteiger partial charge is 0.381 e. The number of benzene rings is 1. The van der Waals surface area contributed by atoms with Crippen molar-refractivity contribution in [1.29, 1.82) is 0 Å². The van der Waals surface area contributed by atoms with Crippen LogP contribution in [0.15, 0.2) is 24.3 Å². The number of nitrogens with two attached hydrogens (primary N) is 1. The van der Waals surface area contributed by atoms with Crippen LogP contribution in [0.2, 0.25) is 0 Å². The average molecular weight is 257 g/mol. The van der Waals surface area contributed by atoms with Gasteiger partial charge >= 0.3 is 0 Å². The first-order valence-corrected chi connectivity index (χ1v) is 6.80. The third kappa shape index (κ3) is 2.76. The van der Waals surface area contributed by atoms with Crippen LogP contribution in [0.3, 0.4) is 0 Å². The minimum Gasteiger partial charge on any atom is -0.381 e. The number of rotatable bonds is 3. The highest BCUT2D eigenvalue weighted by atomic mass is 15.1. The lowest BCUT2D eigenvalue weighted by molar-refractivity contribution is 0.392. The van der Waals surface area contributed by atoms with E-state index in [1.807, 2.05) is 24.3 Å². The zero-order chi connectivity index (χ0) is 13.1. The van der Waals surface area contributed by atoms with Crippen molar-refractivity contribution in [2.24, 2.45) is 5.92 Å². The van der Waals surface area contributed by atoms with Crippen LogP contribution in [-0.4, -0.2) is 29.6 Å². The Morgan fingerprint density at radius 1 is 1.26 bits per heavy atom. The molecule has 1 aliphatic heterocycles. The minimum atomic E-state index is 0.475. The van der Waals surface area contributed by atoms with Gasteiger partial charge in [-0.1, -0.05) is 12.1 Å². The highest BCUT2D eigenvalue weighted by Crippen LogP contribution is 2.19. The summed E-state index contributed by atoms with van der Waals surface area (Å²) >= 11 is 0. The molecule has 1 aliphatic rings. The number of fused-ring (bicyclic) bond motifs is 1. The summed E-state index contributed by atoms with van der Waals surface area (Å²) in [6.07, 6.45) is 2.49. The van der Waals surface area contributed by atoms with E-state index < -0.39 is 0 Å². The summed E-state index contributed by atoms with van der Waals surface area (Å²) in [5.74, 6) is 1.81. The van der Waals surface area contributed by atoms with Gasteiger partial charge in [0.05, 0.1) is 11.0 Å². The monoisotopic (exact) mass is 257 g/mol. The number of hydrogen-bond acceptors (Lipinski definition) is 5. The first-order valence-electron chi connectivity index (χ1n) is 6.80. The highest BCUT2D eigenvalue weighted by Gasteiger charge is 2.13. The molecule has 1 aromatic carbocycles. The zero-order valence-electron chi connectivity index (χ0n) is 10.9. The third-order valence-corrected chi connectivity index (χ3v) is 3.55. The summed E-state index contributed by atoms with van der Waals surface area (Å²) < 4.78 is 0. The first kappa shape index (κ1) is 12.2. The Kier molecular flexibility index (Phi) is 3.46. The number of nitrogen functional groups attached to an aromatic ring is 1. The van der Waals surface area contributed by atoms with Gasteiger partial charge in [-0.3, -0.25) is 0 Å². The van der Waals surface area contributed by atoms with E-state index in [0.717, 1.165) is 30.7 Å². The molecule has 1 unspecified atom stereocenters. The predicted octanol–water partition coefficient (Wildman–Crippen LogP) is 1.62. The van der Waals surface area contributed by atoms with E-state index >= 15 is 0 Å². The van der Waals surface area contributed by atoms with Gasteiger partial charge in [0.1, 0.15) is 0 Å². The fraction of sp³-hybridized carbons (Fsp3) is 0.429. The normalized spacial score (nSPS) is 19.5. The molecule has 0 bridgehead atoms. The van der Waals surface area contributed by atoms with Gasteiger partial charge in [-0.15, -0.1) is 0 Å². The molecular weight excluding hydrogens is 238 g/mol. The van der Waals surface area contributed by atoms with Gasteiger partial charge in [0, 0.05) is 6.54 Å². The molecule has 1 aromatic heterocycles. The minimum absolute atomic E-state index is 0.475. The number of nitrogens with zero attached hydrogens (tertiary/aromatic N) is 2. The van der Waals surface area contributed by atoms with Crippen LogP contribution in [0.1, 0.15) is 12.8 Å². The number of aromatic nitrogens is 2. The quantitative estimate of drug-likeness (QED) is 0.779. The van der Waals surface area contributed by atoms with E-state index in [0.29, 0.717) is 17.6 Å². The zero-order valence-corrected chi connectivity index (χ0v) is 10.9. The van der Waals surface area contributed by atoms with E-state index in [1.54, 1.807) is 0 Å².